The van der Waals surface area contributed by atoms with Gasteiger partial charge in [0, 0.05) is 6.20 Å². The minimum atomic E-state index is -0.517. The van der Waals surface area contributed by atoms with Crippen molar-refractivity contribution in [2.75, 3.05) is 18.5 Å². The third-order valence-corrected chi connectivity index (χ3v) is 2.90. The van der Waals surface area contributed by atoms with Crippen LogP contribution in [0.15, 0.2) is 48.7 Å². The highest BCUT2D eigenvalue weighted by Crippen LogP contribution is 2.13. The van der Waals surface area contributed by atoms with E-state index in [1.54, 1.807) is 19.1 Å². The van der Waals surface area contributed by atoms with Crippen molar-refractivity contribution < 1.29 is 19.1 Å². The van der Waals surface area contributed by atoms with Gasteiger partial charge in [0.05, 0.1) is 19.6 Å². The normalized spacial score (nSPS) is 9.96. The molecule has 1 heterocycles. The molecule has 23 heavy (non-hydrogen) atoms. The van der Waals surface area contributed by atoms with E-state index in [1.165, 1.54) is 6.20 Å². The van der Waals surface area contributed by atoms with Crippen LogP contribution in [0.3, 0.4) is 0 Å². The molecule has 6 heteroatoms. The molecule has 0 bridgehead atoms. The van der Waals surface area contributed by atoms with Crippen LogP contribution in [0, 0.1) is 0 Å². The zero-order valence-electron chi connectivity index (χ0n) is 12.8. The van der Waals surface area contributed by atoms with E-state index in [-0.39, 0.29) is 36.9 Å². The first-order valence-electron chi connectivity index (χ1n) is 7.30. The molecule has 2 rings (SSSR count). The molecule has 1 N–H and O–H groups in total. The summed E-state index contributed by atoms with van der Waals surface area (Å²) in [6.07, 6.45) is 1.65. The van der Waals surface area contributed by atoms with Crippen molar-refractivity contribution in [2.24, 2.45) is 0 Å². The molecule has 6 nitrogen and oxygen atoms in total. The fourth-order valence-electron chi connectivity index (χ4n) is 1.85. The quantitative estimate of drug-likeness (QED) is 0.795. The summed E-state index contributed by atoms with van der Waals surface area (Å²) in [5.74, 6) is 0.0858. The zero-order chi connectivity index (χ0) is 16.5. The molecular formula is C17H18N2O4. The smallest absolute Gasteiger partial charge is 0.341 e. The lowest BCUT2D eigenvalue weighted by molar-refractivity contribution is -0.116. The Balaban J connectivity index is 1.89. The van der Waals surface area contributed by atoms with E-state index < -0.39 is 5.97 Å². The molecule has 0 aliphatic carbocycles. The van der Waals surface area contributed by atoms with Gasteiger partial charge in [-0.1, -0.05) is 18.2 Å². The molecule has 1 aromatic heterocycles. The van der Waals surface area contributed by atoms with Crippen LogP contribution >= 0.6 is 0 Å². The van der Waals surface area contributed by atoms with Crippen molar-refractivity contribution in [2.45, 2.75) is 13.3 Å². The first kappa shape index (κ1) is 16.5. The van der Waals surface area contributed by atoms with Gasteiger partial charge in [-0.2, -0.15) is 0 Å². The second-order valence-electron chi connectivity index (χ2n) is 4.58. The lowest BCUT2D eigenvalue weighted by Crippen LogP contribution is -2.19. The Morgan fingerprint density at radius 3 is 2.65 bits per heavy atom. The number of hydrogen-bond donors (Lipinski definition) is 1. The molecule has 1 amide bonds. The van der Waals surface area contributed by atoms with Crippen LogP contribution in [0.4, 0.5) is 5.82 Å². The van der Waals surface area contributed by atoms with Gasteiger partial charge in [0.2, 0.25) is 5.91 Å². The monoisotopic (exact) mass is 314 g/mol. The van der Waals surface area contributed by atoms with Crippen molar-refractivity contribution in [3.8, 4) is 5.75 Å². The summed E-state index contributed by atoms with van der Waals surface area (Å²) in [5, 5.41) is 2.61. The number of nitrogens with one attached hydrogen (secondary N) is 1. The summed E-state index contributed by atoms with van der Waals surface area (Å²) in [6.45, 7) is 2.21. The molecule has 0 atom stereocenters. The molecule has 0 saturated heterocycles. The van der Waals surface area contributed by atoms with Gasteiger partial charge in [0.1, 0.15) is 17.1 Å². The van der Waals surface area contributed by atoms with Crippen LogP contribution in [-0.2, 0) is 9.53 Å². The maximum absolute atomic E-state index is 12.0. The molecule has 0 unspecified atom stereocenters. The SMILES string of the molecule is CCOC(=O)c1cccnc1NC(=O)CCOc1ccccc1. The predicted octanol–water partition coefficient (Wildman–Crippen LogP) is 2.67. The van der Waals surface area contributed by atoms with E-state index in [0.29, 0.717) is 5.75 Å². The van der Waals surface area contributed by atoms with E-state index in [0.717, 1.165) is 0 Å². The van der Waals surface area contributed by atoms with Crippen LogP contribution in [0.2, 0.25) is 0 Å². The fourth-order valence-corrected chi connectivity index (χ4v) is 1.85. The molecule has 0 aliphatic heterocycles. The number of ether oxygens (including phenoxy) is 2. The van der Waals surface area contributed by atoms with Crippen molar-refractivity contribution in [3.63, 3.8) is 0 Å². The highest BCUT2D eigenvalue weighted by atomic mass is 16.5. The minimum Gasteiger partial charge on any atom is -0.493 e. The Morgan fingerprint density at radius 2 is 1.91 bits per heavy atom. The molecule has 120 valence electrons. The van der Waals surface area contributed by atoms with Crippen molar-refractivity contribution in [1.29, 1.82) is 0 Å². The molecule has 0 aliphatic rings. The van der Waals surface area contributed by atoms with E-state index in [4.69, 9.17) is 9.47 Å². The average Bonchev–Trinajstić information content (AvgIpc) is 2.56. The Bertz CT molecular complexity index is 659. The van der Waals surface area contributed by atoms with E-state index in [1.807, 2.05) is 30.3 Å². The van der Waals surface area contributed by atoms with Crippen molar-refractivity contribution in [3.05, 3.63) is 54.2 Å². The Labute approximate surface area is 134 Å². The summed E-state index contributed by atoms with van der Waals surface area (Å²) in [5.41, 5.74) is 0.228. The number of benzene rings is 1. The molecule has 2 aromatic rings. The molecule has 0 radical (unpaired) electrons. The second-order valence-corrected chi connectivity index (χ2v) is 4.58. The average molecular weight is 314 g/mol. The van der Waals surface area contributed by atoms with E-state index in [9.17, 15) is 9.59 Å². The van der Waals surface area contributed by atoms with Crippen LogP contribution in [0.5, 0.6) is 5.75 Å². The number of anilines is 1. The maximum atomic E-state index is 12.0. The largest absolute Gasteiger partial charge is 0.493 e. The maximum Gasteiger partial charge on any atom is 0.341 e. The number of para-hydroxylation sites is 1. The fraction of sp³-hybridized carbons (Fsp3) is 0.235. The van der Waals surface area contributed by atoms with Crippen LogP contribution < -0.4 is 10.1 Å². The lowest BCUT2D eigenvalue weighted by Gasteiger charge is -2.09. The topological polar surface area (TPSA) is 77.5 Å². The number of esters is 1. The number of hydrogen-bond acceptors (Lipinski definition) is 5. The molecule has 0 fully saturated rings. The lowest BCUT2D eigenvalue weighted by atomic mass is 10.2. The van der Waals surface area contributed by atoms with Gasteiger partial charge in [-0.25, -0.2) is 9.78 Å². The highest BCUT2D eigenvalue weighted by molar-refractivity contribution is 5.99. The summed E-state index contributed by atoms with van der Waals surface area (Å²) in [7, 11) is 0. The van der Waals surface area contributed by atoms with Gasteiger partial charge < -0.3 is 14.8 Å². The third-order valence-electron chi connectivity index (χ3n) is 2.90. The van der Waals surface area contributed by atoms with Gasteiger partial charge in [-0.15, -0.1) is 0 Å². The molecule has 1 aromatic carbocycles. The number of amides is 1. The zero-order valence-corrected chi connectivity index (χ0v) is 12.8. The highest BCUT2D eigenvalue weighted by Gasteiger charge is 2.15. The van der Waals surface area contributed by atoms with Gasteiger partial charge in [0.15, 0.2) is 0 Å². The summed E-state index contributed by atoms with van der Waals surface area (Å²) in [4.78, 5) is 27.8. The number of nitrogens with zero attached hydrogens (tertiary/aromatic N) is 1. The molecule has 0 spiro atoms. The number of aromatic nitrogens is 1. The summed E-state index contributed by atoms with van der Waals surface area (Å²) in [6, 6.07) is 12.4. The van der Waals surface area contributed by atoms with Crippen LogP contribution in [-0.4, -0.2) is 30.1 Å². The Morgan fingerprint density at radius 1 is 1.13 bits per heavy atom. The van der Waals surface area contributed by atoms with Gasteiger partial charge in [-0.05, 0) is 31.2 Å². The first-order valence-corrected chi connectivity index (χ1v) is 7.30. The van der Waals surface area contributed by atoms with Crippen LogP contribution in [0.1, 0.15) is 23.7 Å². The number of carbonyl (C=O) groups is 2. The summed E-state index contributed by atoms with van der Waals surface area (Å²) >= 11 is 0. The third kappa shape index (κ3) is 5.10. The first-order chi connectivity index (χ1) is 11.2. The molecule has 0 saturated carbocycles. The van der Waals surface area contributed by atoms with Crippen molar-refractivity contribution in [1.82, 2.24) is 4.98 Å². The van der Waals surface area contributed by atoms with Gasteiger partial charge >= 0.3 is 5.97 Å². The standard InChI is InChI=1S/C17H18N2O4/c1-2-22-17(21)14-9-6-11-18-16(14)19-15(20)10-12-23-13-7-4-3-5-8-13/h3-9,11H,2,10,12H2,1H3,(H,18,19,20). The van der Waals surface area contributed by atoms with E-state index >= 15 is 0 Å². The minimum absolute atomic E-state index is 0.147. The van der Waals surface area contributed by atoms with E-state index in [2.05, 4.69) is 10.3 Å². The van der Waals surface area contributed by atoms with Gasteiger partial charge in [0.25, 0.3) is 0 Å². The summed E-state index contributed by atoms with van der Waals surface area (Å²) < 4.78 is 10.4. The van der Waals surface area contributed by atoms with Crippen molar-refractivity contribution >= 4 is 17.7 Å². The van der Waals surface area contributed by atoms with Gasteiger partial charge in [-0.3, -0.25) is 4.79 Å². The number of rotatable bonds is 7. The number of carbonyl (C=O) groups excluding carboxylic acids is 2. The Hall–Kier alpha value is -2.89. The second kappa shape index (κ2) is 8.53. The Kier molecular flexibility index (Phi) is 6.11. The molecular weight excluding hydrogens is 296 g/mol. The van der Waals surface area contributed by atoms with Crippen LogP contribution in [0.25, 0.3) is 0 Å². The number of pyridine rings is 1. The predicted molar refractivity (Wildman–Crippen MR) is 85.4 cm³/mol.